The molecule has 0 bridgehead atoms. The number of amides is 1. The Morgan fingerprint density at radius 3 is 2.54 bits per heavy atom. The van der Waals surface area contributed by atoms with Crippen LogP contribution in [0, 0.1) is 11.8 Å². The Balaban J connectivity index is 1.52. The number of ether oxygens (including phenoxy) is 3. The summed E-state index contributed by atoms with van der Waals surface area (Å²) in [6.45, 7) is 1.94. The summed E-state index contributed by atoms with van der Waals surface area (Å²) in [5, 5.41) is 15.6. The number of nitrogens with one attached hydrogen (secondary N) is 2. The first kappa shape index (κ1) is 33.8. The Bertz CT molecular complexity index is 1410. The summed E-state index contributed by atoms with van der Waals surface area (Å²) in [5.74, 6) is -0.829. The number of hydrogen-bond acceptors (Lipinski definition) is 8. The third-order valence-electron chi connectivity index (χ3n) is 8.06. The van der Waals surface area contributed by atoms with Crippen molar-refractivity contribution in [3.8, 4) is 0 Å². The van der Waals surface area contributed by atoms with Gasteiger partial charge in [-0.25, -0.2) is 4.58 Å². The van der Waals surface area contributed by atoms with E-state index in [1.165, 1.54) is 12.0 Å². The third kappa shape index (κ3) is 8.21. The molecule has 0 aromatic heterocycles. The van der Waals surface area contributed by atoms with Crippen molar-refractivity contribution in [1.82, 2.24) is 20.4 Å². The highest BCUT2D eigenvalue weighted by Crippen LogP contribution is 2.41. The SMILES string of the molecule is CO[C@H]1NC(OCC(F)(F)F)NC(OC(C)C)C1C[N+]1=CC2=CN(C(=O)CO)C=CN2C(C(c2ccccc2)C2C=CC=CC2)=C1. The van der Waals surface area contributed by atoms with Gasteiger partial charge in [0, 0.05) is 31.6 Å². The number of benzene rings is 1. The fourth-order valence-electron chi connectivity index (χ4n) is 6.10. The van der Waals surface area contributed by atoms with Crippen molar-refractivity contribution in [1.29, 1.82) is 0 Å². The average molecular weight is 645 g/mol. The molecule has 1 aromatic carbocycles. The van der Waals surface area contributed by atoms with Crippen LogP contribution in [0.4, 0.5) is 13.2 Å². The molecule has 3 aliphatic heterocycles. The zero-order valence-corrected chi connectivity index (χ0v) is 26.0. The molecule has 3 N–H and O–H groups in total. The van der Waals surface area contributed by atoms with Gasteiger partial charge in [0.1, 0.15) is 31.4 Å². The van der Waals surface area contributed by atoms with E-state index in [1.54, 1.807) is 12.4 Å². The number of hydrogen-bond donors (Lipinski definition) is 3. The van der Waals surface area contributed by atoms with Crippen molar-refractivity contribution in [2.45, 2.75) is 57.3 Å². The number of carbonyl (C=O) groups excluding carboxylic acids is 1. The van der Waals surface area contributed by atoms with Gasteiger partial charge in [0.2, 0.25) is 0 Å². The topological polar surface area (TPSA) is 98.5 Å². The Hall–Kier alpha value is -3.59. The molecule has 1 aliphatic carbocycles. The lowest BCUT2D eigenvalue weighted by atomic mass is 9.79. The van der Waals surface area contributed by atoms with E-state index in [2.05, 4.69) is 47.2 Å². The molecule has 5 unspecified atom stereocenters. The van der Waals surface area contributed by atoms with Crippen LogP contribution in [0.25, 0.3) is 0 Å². The maximum atomic E-state index is 13.0. The summed E-state index contributed by atoms with van der Waals surface area (Å²) < 4.78 is 57.8. The monoisotopic (exact) mass is 644 g/mol. The van der Waals surface area contributed by atoms with Gasteiger partial charge in [-0.05, 0) is 31.7 Å². The fourth-order valence-corrected chi connectivity index (χ4v) is 6.10. The van der Waals surface area contributed by atoms with Gasteiger partial charge in [-0.3, -0.25) is 20.3 Å². The number of methoxy groups -OCH3 is 1. The molecule has 0 saturated carbocycles. The summed E-state index contributed by atoms with van der Waals surface area (Å²) in [7, 11) is 1.48. The molecule has 1 amide bonds. The van der Waals surface area contributed by atoms with Crippen LogP contribution in [0.2, 0.25) is 0 Å². The second-order valence-corrected chi connectivity index (χ2v) is 11.7. The number of halogens is 3. The number of carbonyl (C=O) groups is 1. The lowest BCUT2D eigenvalue weighted by Gasteiger charge is -2.42. The Morgan fingerprint density at radius 1 is 1.13 bits per heavy atom. The molecule has 3 heterocycles. The molecule has 10 nitrogen and oxygen atoms in total. The zero-order valence-electron chi connectivity index (χ0n) is 26.0. The van der Waals surface area contributed by atoms with E-state index in [4.69, 9.17) is 14.2 Å². The van der Waals surface area contributed by atoms with Gasteiger partial charge in [-0.2, -0.15) is 13.2 Å². The number of rotatable bonds is 11. The zero-order chi connectivity index (χ0) is 32.8. The third-order valence-corrected chi connectivity index (χ3v) is 8.06. The van der Waals surface area contributed by atoms with Crippen LogP contribution >= 0.6 is 0 Å². The second-order valence-electron chi connectivity index (χ2n) is 11.7. The quantitative estimate of drug-likeness (QED) is 0.314. The second kappa shape index (κ2) is 14.9. The molecule has 46 heavy (non-hydrogen) atoms. The minimum atomic E-state index is -4.50. The van der Waals surface area contributed by atoms with E-state index in [0.717, 1.165) is 17.7 Å². The van der Waals surface area contributed by atoms with Crippen LogP contribution in [0.5, 0.6) is 0 Å². The van der Waals surface area contributed by atoms with Crippen molar-refractivity contribution in [2.24, 2.45) is 11.8 Å². The highest BCUT2D eigenvalue weighted by atomic mass is 19.4. The number of allylic oxidation sites excluding steroid dienone is 6. The lowest BCUT2D eigenvalue weighted by Crippen LogP contribution is -2.67. The van der Waals surface area contributed by atoms with Gasteiger partial charge in [0.15, 0.2) is 25.3 Å². The van der Waals surface area contributed by atoms with E-state index in [9.17, 15) is 23.1 Å². The normalized spacial score (nSPS) is 26.9. The lowest BCUT2D eigenvalue weighted by molar-refractivity contribution is -0.474. The molecule has 4 aliphatic rings. The first-order valence-corrected chi connectivity index (χ1v) is 15.3. The van der Waals surface area contributed by atoms with Crippen LogP contribution in [-0.4, -0.2) is 89.6 Å². The molecular weight excluding hydrogens is 603 g/mol. The summed E-state index contributed by atoms with van der Waals surface area (Å²) >= 11 is 0. The summed E-state index contributed by atoms with van der Waals surface area (Å²) in [5.41, 5.74) is 2.76. The van der Waals surface area contributed by atoms with E-state index >= 15 is 0 Å². The van der Waals surface area contributed by atoms with Gasteiger partial charge in [-0.1, -0.05) is 54.6 Å². The maximum Gasteiger partial charge on any atom is 0.411 e. The first-order chi connectivity index (χ1) is 22.1. The van der Waals surface area contributed by atoms with E-state index in [0.29, 0.717) is 12.2 Å². The van der Waals surface area contributed by atoms with Crippen LogP contribution < -0.4 is 10.6 Å². The van der Waals surface area contributed by atoms with Crippen LogP contribution in [0.15, 0.2) is 90.8 Å². The number of alkyl halides is 3. The summed E-state index contributed by atoms with van der Waals surface area (Å²) in [4.78, 5) is 15.9. The molecular formula is C33H41F3N5O5+. The number of aliphatic hydroxyl groups is 1. The van der Waals surface area contributed by atoms with Gasteiger partial charge < -0.3 is 24.2 Å². The standard InChI is InChI=1S/C33H41F3N5O5/c1-22(2)46-31-26(30(44-3)37-32(38-31)45-21-33(34,35)36)18-39-16-25-17-40(28(43)20-42)14-15-41(25)27(19-39)29(23-10-6-4-7-11-23)24-12-8-5-9-13-24/h4-12,14-17,19,22,24,26,29-32,37-38,42H,13,18,20-21H2,1-3H3/q+1/t24?,26?,29?,30-,31?,32?/m1/s1. The number of aliphatic hydroxyl groups excluding tert-OH is 1. The van der Waals surface area contributed by atoms with Gasteiger partial charge >= 0.3 is 6.18 Å². The minimum Gasteiger partial charge on any atom is -0.387 e. The van der Waals surface area contributed by atoms with Gasteiger partial charge in [0.05, 0.1) is 17.7 Å². The van der Waals surface area contributed by atoms with Crippen molar-refractivity contribution >= 4 is 12.1 Å². The van der Waals surface area contributed by atoms with E-state index in [-0.39, 0.29) is 17.9 Å². The highest BCUT2D eigenvalue weighted by Gasteiger charge is 2.44. The van der Waals surface area contributed by atoms with Crippen LogP contribution in [0.3, 0.4) is 0 Å². The summed E-state index contributed by atoms with van der Waals surface area (Å²) in [6, 6.07) is 10.2. The van der Waals surface area contributed by atoms with Crippen LogP contribution in [-0.2, 0) is 19.0 Å². The Labute approximate surface area is 266 Å². The number of fused-ring (bicyclic) bond motifs is 1. The van der Waals surface area contributed by atoms with E-state index < -0.39 is 50.0 Å². The predicted molar refractivity (Wildman–Crippen MR) is 164 cm³/mol. The molecule has 1 fully saturated rings. The highest BCUT2D eigenvalue weighted by molar-refractivity contribution is 5.83. The molecule has 5 rings (SSSR count). The smallest absolute Gasteiger partial charge is 0.387 e. The van der Waals surface area contributed by atoms with Crippen molar-refractivity contribution in [3.05, 3.63) is 96.4 Å². The molecule has 0 spiro atoms. The average Bonchev–Trinajstić information content (AvgIpc) is 3.04. The Kier molecular flexibility index (Phi) is 10.9. The molecule has 13 heteroatoms. The minimum absolute atomic E-state index is 0.0737. The molecule has 6 atom stereocenters. The van der Waals surface area contributed by atoms with Crippen molar-refractivity contribution in [2.75, 3.05) is 26.9 Å². The molecule has 1 saturated heterocycles. The van der Waals surface area contributed by atoms with Crippen molar-refractivity contribution < 1.29 is 41.9 Å². The Morgan fingerprint density at radius 2 is 1.89 bits per heavy atom. The molecule has 248 valence electrons. The van der Waals surface area contributed by atoms with Gasteiger partial charge in [-0.15, -0.1) is 0 Å². The fraction of sp³-hybridized carbons (Fsp3) is 0.455. The maximum absolute atomic E-state index is 13.0. The molecule has 1 aromatic rings. The predicted octanol–water partition coefficient (Wildman–Crippen LogP) is 3.69. The van der Waals surface area contributed by atoms with Gasteiger partial charge in [0.25, 0.3) is 5.91 Å². The number of nitrogens with zero attached hydrogens (tertiary/aromatic N) is 3. The van der Waals surface area contributed by atoms with Crippen LogP contribution in [0.1, 0.15) is 31.7 Å². The molecule has 0 radical (unpaired) electrons. The van der Waals surface area contributed by atoms with E-state index in [1.807, 2.05) is 60.0 Å². The first-order valence-electron chi connectivity index (χ1n) is 15.3. The summed E-state index contributed by atoms with van der Waals surface area (Å²) in [6.07, 6.45) is 11.0. The van der Waals surface area contributed by atoms with Crippen molar-refractivity contribution in [3.63, 3.8) is 0 Å². The largest absolute Gasteiger partial charge is 0.411 e.